The molecule has 3 heterocycles. The van der Waals surface area contributed by atoms with Crippen molar-refractivity contribution in [1.82, 2.24) is 24.4 Å². The third-order valence-corrected chi connectivity index (χ3v) is 5.14. The van der Waals surface area contributed by atoms with Crippen LogP contribution in [0.4, 0.5) is 10.7 Å². The van der Waals surface area contributed by atoms with E-state index in [-0.39, 0.29) is 22.3 Å². The van der Waals surface area contributed by atoms with Gasteiger partial charge in [0.1, 0.15) is 11.1 Å². The number of nitrogens with one attached hydrogen (secondary N) is 1. The number of anilines is 1. The molecule has 158 valence electrons. The maximum Gasteiger partial charge on any atom is 0.410 e. The molecule has 0 aromatic carbocycles. The van der Waals surface area contributed by atoms with Crippen molar-refractivity contribution in [2.45, 2.75) is 59.1 Å². The minimum atomic E-state index is -0.571. The molecule has 2 aromatic heterocycles. The zero-order chi connectivity index (χ0) is 21.3. The second-order valence-electron chi connectivity index (χ2n) is 8.14. The summed E-state index contributed by atoms with van der Waals surface area (Å²) < 4.78 is 7.36. The average molecular weight is 467 g/mol. The van der Waals surface area contributed by atoms with E-state index in [1.165, 1.54) is 0 Å². The Labute approximate surface area is 178 Å². The Morgan fingerprint density at radius 3 is 2.69 bits per heavy atom. The Hall–Kier alpha value is -2.23. The Bertz CT molecular complexity index is 985. The van der Waals surface area contributed by atoms with Gasteiger partial charge in [-0.15, -0.1) is 0 Å². The molecule has 1 aliphatic rings. The van der Waals surface area contributed by atoms with Crippen LogP contribution in [0.15, 0.2) is 9.40 Å². The van der Waals surface area contributed by atoms with Gasteiger partial charge in [0.2, 0.25) is 5.95 Å². The summed E-state index contributed by atoms with van der Waals surface area (Å²) in [5.74, 6) is 0.453. The number of likely N-dealkylation sites (tertiary alicyclic amines) is 1. The molecule has 1 fully saturated rings. The van der Waals surface area contributed by atoms with Gasteiger partial charge in [-0.05, 0) is 63.4 Å². The van der Waals surface area contributed by atoms with Crippen molar-refractivity contribution in [2.24, 2.45) is 0 Å². The quantitative estimate of drug-likeness (QED) is 0.739. The summed E-state index contributed by atoms with van der Waals surface area (Å²) in [5, 5.41) is 3.10. The molecule has 2 aromatic rings. The number of carbonyl (C=O) groups excluding carboxylic acids is 1. The monoisotopic (exact) mass is 466 g/mol. The van der Waals surface area contributed by atoms with E-state index in [1.807, 2.05) is 34.6 Å². The largest absolute Gasteiger partial charge is 0.444 e. The van der Waals surface area contributed by atoms with Gasteiger partial charge in [0.05, 0.1) is 11.7 Å². The van der Waals surface area contributed by atoms with E-state index in [0.717, 1.165) is 12.8 Å². The fourth-order valence-electron chi connectivity index (χ4n) is 3.43. The highest BCUT2D eigenvalue weighted by atomic mass is 79.9. The smallest absolute Gasteiger partial charge is 0.410 e. The number of amides is 1. The van der Waals surface area contributed by atoms with Crippen LogP contribution in [0.25, 0.3) is 11.2 Å². The highest BCUT2D eigenvalue weighted by Crippen LogP contribution is 2.26. The number of halogens is 1. The van der Waals surface area contributed by atoms with Crippen molar-refractivity contribution < 1.29 is 9.53 Å². The van der Waals surface area contributed by atoms with Gasteiger partial charge in [-0.3, -0.25) is 9.36 Å². The van der Waals surface area contributed by atoms with Gasteiger partial charge in [0.25, 0.3) is 5.56 Å². The summed E-state index contributed by atoms with van der Waals surface area (Å²) in [6.07, 6.45) is 1.15. The molecule has 10 heteroatoms. The van der Waals surface area contributed by atoms with Gasteiger partial charge >= 0.3 is 6.09 Å². The highest BCUT2D eigenvalue weighted by Gasteiger charge is 2.30. The summed E-state index contributed by atoms with van der Waals surface area (Å²) in [5.41, 5.74) is 0.873. The van der Waals surface area contributed by atoms with Crippen LogP contribution in [0.3, 0.4) is 0 Å². The third-order valence-electron chi connectivity index (χ3n) is 4.62. The standard InChI is InChI=1S/C19H27BrN6O3/c1-6-21-17-22-11(2)13-15(24-17)26(16(27)14(20)23-13)12-8-7-9-25(10-12)18(28)29-19(3,4)5/h12H,6-10H2,1-5H3,(H,21,22,24)/t12-/m0/s1. The minimum absolute atomic E-state index is 0.210. The molecular weight excluding hydrogens is 440 g/mol. The number of hydrogen-bond acceptors (Lipinski definition) is 7. The molecule has 29 heavy (non-hydrogen) atoms. The molecule has 1 atom stereocenters. The van der Waals surface area contributed by atoms with E-state index in [9.17, 15) is 9.59 Å². The van der Waals surface area contributed by atoms with E-state index in [1.54, 1.807) is 9.47 Å². The van der Waals surface area contributed by atoms with Gasteiger partial charge in [-0.25, -0.2) is 14.8 Å². The van der Waals surface area contributed by atoms with Crippen LogP contribution >= 0.6 is 15.9 Å². The van der Waals surface area contributed by atoms with Crippen molar-refractivity contribution in [3.63, 3.8) is 0 Å². The zero-order valence-electron chi connectivity index (χ0n) is 17.5. The molecule has 3 rings (SSSR count). The SMILES string of the molecule is CCNc1nc(C)c2nc(Br)c(=O)n([C@H]3CCCN(C(=O)OC(C)(C)C)C3)c2n1. The maximum absolute atomic E-state index is 13.0. The number of ether oxygens (including phenoxy) is 1. The van der Waals surface area contributed by atoms with Crippen molar-refractivity contribution in [1.29, 1.82) is 0 Å². The molecule has 0 saturated carbocycles. The summed E-state index contributed by atoms with van der Waals surface area (Å²) >= 11 is 3.28. The van der Waals surface area contributed by atoms with E-state index < -0.39 is 5.60 Å². The fourth-order valence-corrected chi connectivity index (χ4v) is 3.79. The van der Waals surface area contributed by atoms with E-state index in [4.69, 9.17) is 4.74 Å². The van der Waals surface area contributed by atoms with Crippen molar-refractivity contribution in [3.8, 4) is 0 Å². The van der Waals surface area contributed by atoms with E-state index >= 15 is 0 Å². The lowest BCUT2D eigenvalue weighted by molar-refractivity contribution is 0.0172. The lowest BCUT2D eigenvalue weighted by Crippen LogP contribution is -2.45. The molecule has 1 N–H and O–H groups in total. The van der Waals surface area contributed by atoms with Crippen LogP contribution in [0.1, 0.15) is 52.3 Å². The molecule has 0 bridgehead atoms. The maximum atomic E-state index is 13.0. The molecule has 0 unspecified atom stereocenters. The number of aryl methyl sites for hydroxylation is 1. The Morgan fingerprint density at radius 2 is 2.03 bits per heavy atom. The van der Waals surface area contributed by atoms with Gasteiger partial charge in [-0.1, -0.05) is 0 Å². The number of aromatic nitrogens is 4. The fraction of sp³-hybridized carbons (Fsp3) is 0.632. The van der Waals surface area contributed by atoms with Crippen molar-refractivity contribution in [3.05, 3.63) is 20.7 Å². The molecule has 0 spiro atoms. The van der Waals surface area contributed by atoms with Crippen molar-refractivity contribution >= 4 is 39.1 Å². The predicted molar refractivity (Wildman–Crippen MR) is 114 cm³/mol. The summed E-state index contributed by atoms with van der Waals surface area (Å²) in [7, 11) is 0. The van der Waals surface area contributed by atoms with Gasteiger partial charge in [0, 0.05) is 19.6 Å². The van der Waals surface area contributed by atoms with Gasteiger partial charge in [0.15, 0.2) is 10.3 Å². The molecule has 1 saturated heterocycles. The second kappa shape index (κ2) is 8.25. The Balaban J connectivity index is 2.04. The number of piperidine rings is 1. The van der Waals surface area contributed by atoms with E-state index in [0.29, 0.717) is 42.4 Å². The number of nitrogens with zero attached hydrogens (tertiary/aromatic N) is 5. The lowest BCUT2D eigenvalue weighted by Gasteiger charge is -2.35. The third kappa shape index (κ3) is 4.68. The van der Waals surface area contributed by atoms with E-state index in [2.05, 4.69) is 36.2 Å². The van der Waals surface area contributed by atoms with Crippen LogP contribution < -0.4 is 10.9 Å². The van der Waals surface area contributed by atoms with Gasteiger partial charge < -0.3 is 15.0 Å². The Morgan fingerprint density at radius 1 is 1.31 bits per heavy atom. The second-order valence-corrected chi connectivity index (χ2v) is 8.89. The van der Waals surface area contributed by atoms with Crippen LogP contribution in [-0.4, -0.2) is 55.7 Å². The first kappa shape index (κ1) is 21.5. The number of fused-ring (bicyclic) bond motifs is 1. The Kier molecular flexibility index (Phi) is 6.11. The minimum Gasteiger partial charge on any atom is -0.444 e. The molecule has 0 aliphatic carbocycles. The number of carbonyl (C=O) groups is 1. The first-order valence-electron chi connectivity index (χ1n) is 9.79. The molecule has 1 amide bonds. The molecular formula is C19H27BrN6O3. The first-order valence-corrected chi connectivity index (χ1v) is 10.6. The van der Waals surface area contributed by atoms with Gasteiger partial charge in [-0.2, -0.15) is 4.98 Å². The molecule has 9 nitrogen and oxygen atoms in total. The van der Waals surface area contributed by atoms with Crippen LogP contribution in [0.2, 0.25) is 0 Å². The van der Waals surface area contributed by atoms with Crippen LogP contribution in [0, 0.1) is 6.92 Å². The average Bonchev–Trinajstić information content (AvgIpc) is 2.63. The number of rotatable bonds is 3. The van der Waals surface area contributed by atoms with Crippen LogP contribution in [-0.2, 0) is 4.74 Å². The lowest BCUT2D eigenvalue weighted by atomic mass is 10.1. The highest BCUT2D eigenvalue weighted by molar-refractivity contribution is 9.10. The summed E-state index contributed by atoms with van der Waals surface area (Å²) in [6.45, 7) is 10.9. The zero-order valence-corrected chi connectivity index (χ0v) is 19.0. The predicted octanol–water partition coefficient (Wildman–Crippen LogP) is 3.26. The summed E-state index contributed by atoms with van der Waals surface area (Å²) in [6, 6.07) is -0.227. The van der Waals surface area contributed by atoms with Crippen LogP contribution in [0.5, 0.6) is 0 Å². The molecule has 1 aliphatic heterocycles. The molecule has 0 radical (unpaired) electrons. The van der Waals surface area contributed by atoms with Crippen molar-refractivity contribution in [2.75, 3.05) is 25.0 Å². The topological polar surface area (TPSA) is 102 Å². The number of hydrogen-bond donors (Lipinski definition) is 1. The normalized spacial score (nSPS) is 17.4. The summed E-state index contributed by atoms with van der Waals surface area (Å²) in [4.78, 5) is 40.6. The first-order chi connectivity index (χ1) is 13.6.